The van der Waals surface area contributed by atoms with Crippen LogP contribution in [0.1, 0.15) is 32.6 Å². The van der Waals surface area contributed by atoms with Gasteiger partial charge in [0.2, 0.25) is 0 Å². The molecule has 0 aliphatic rings. The zero-order valence-electron chi connectivity index (χ0n) is 10.6. The van der Waals surface area contributed by atoms with Gasteiger partial charge in [0.05, 0.1) is 12.6 Å². The number of nitrogens with one attached hydrogen (secondary N) is 2. The number of hydrogen-bond donors (Lipinski definition) is 2. The van der Waals surface area contributed by atoms with Gasteiger partial charge in [0.25, 0.3) is 0 Å². The van der Waals surface area contributed by atoms with Gasteiger partial charge in [0.1, 0.15) is 6.33 Å². The number of nitrogens with zero attached hydrogens (tertiary/aromatic N) is 3. The molecule has 0 aromatic carbocycles. The number of hydroxylamine groups is 1. The van der Waals surface area contributed by atoms with Crippen LogP contribution in [0.2, 0.25) is 0 Å². The van der Waals surface area contributed by atoms with E-state index in [1.807, 2.05) is 27.8 Å². The largest absolute Gasteiger partial charge is 0.339 e. The van der Waals surface area contributed by atoms with Crippen molar-refractivity contribution in [2.45, 2.75) is 26.8 Å². The van der Waals surface area contributed by atoms with Gasteiger partial charge >= 0.3 is 6.03 Å². The lowest BCUT2D eigenvalue weighted by molar-refractivity contribution is 0.0433. The van der Waals surface area contributed by atoms with E-state index in [9.17, 15) is 4.79 Å². The molecule has 1 unspecified atom stereocenters. The summed E-state index contributed by atoms with van der Waals surface area (Å²) in [6.45, 7) is 6.31. The average molecular weight is 241 g/mol. The van der Waals surface area contributed by atoms with Gasteiger partial charge in [0, 0.05) is 7.05 Å². The molecule has 2 amide bonds. The smallest absolute Gasteiger partial charge is 0.327 e. The molecule has 0 bridgehead atoms. The normalized spacial score (nSPS) is 12.5. The van der Waals surface area contributed by atoms with Gasteiger partial charge in [0.15, 0.2) is 5.82 Å². The quantitative estimate of drug-likeness (QED) is 0.746. The number of carbonyl (C=O) groups excluding carboxylic acids is 1. The lowest BCUT2D eigenvalue weighted by Gasteiger charge is -2.14. The van der Waals surface area contributed by atoms with Crippen LogP contribution in [-0.2, 0) is 11.9 Å². The van der Waals surface area contributed by atoms with E-state index in [1.54, 1.807) is 10.9 Å². The third-order valence-corrected chi connectivity index (χ3v) is 2.06. The highest BCUT2D eigenvalue weighted by atomic mass is 16.7. The fourth-order valence-electron chi connectivity index (χ4n) is 1.25. The molecule has 1 atom stereocenters. The van der Waals surface area contributed by atoms with Crippen LogP contribution in [0.4, 0.5) is 4.79 Å². The van der Waals surface area contributed by atoms with Crippen molar-refractivity contribution in [1.82, 2.24) is 25.6 Å². The van der Waals surface area contributed by atoms with Crippen LogP contribution in [0, 0.1) is 5.92 Å². The van der Waals surface area contributed by atoms with E-state index in [0.717, 1.165) is 0 Å². The Labute approximate surface area is 101 Å². The molecule has 1 rings (SSSR count). The SMILES string of the molecule is CC(C)CONC(=O)NC(C)c1nncn1C. The van der Waals surface area contributed by atoms with E-state index in [-0.39, 0.29) is 12.1 Å². The van der Waals surface area contributed by atoms with Crippen LogP contribution < -0.4 is 10.8 Å². The fourth-order valence-corrected chi connectivity index (χ4v) is 1.25. The summed E-state index contributed by atoms with van der Waals surface area (Å²) in [6.07, 6.45) is 1.58. The Morgan fingerprint density at radius 2 is 2.24 bits per heavy atom. The lowest BCUT2D eigenvalue weighted by Crippen LogP contribution is -2.38. The van der Waals surface area contributed by atoms with Gasteiger partial charge in [-0.2, -0.15) is 0 Å². The molecule has 1 heterocycles. The third-order valence-electron chi connectivity index (χ3n) is 2.06. The van der Waals surface area contributed by atoms with E-state index in [4.69, 9.17) is 4.84 Å². The van der Waals surface area contributed by atoms with Gasteiger partial charge in [-0.1, -0.05) is 13.8 Å². The first kappa shape index (κ1) is 13.4. The molecule has 0 fully saturated rings. The van der Waals surface area contributed by atoms with Crippen LogP contribution in [0.5, 0.6) is 0 Å². The number of aromatic nitrogens is 3. The second-order valence-electron chi connectivity index (χ2n) is 4.30. The van der Waals surface area contributed by atoms with Crippen molar-refractivity contribution in [2.24, 2.45) is 13.0 Å². The molecule has 0 radical (unpaired) electrons. The van der Waals surface area contributed by atoms with Crippen LogP contribution in [0.3, 0.4) is 0 Å². The lowest BCUT2D eigenvalue weighted by atomic mass is 10.2. The minimum Gasteiger partial charge on any atom is -0.327 e. The maximum atomic E-state index is 11.4. The molecule has 17 heavy (non-hydrogen) atoms. The summed E-state index contributed by atoms with van der Waals surface area (Å²) in [6, 6.07) is -0.619. The van der Waals surface area contributed by atoms with Gasteiger partial charge in [-0.05, 0) is 12.8 Å². The Bertz CT molecular complexity index is 363. The molecule has 2 N–H and O–H groups in total. The molecule has 0 saturated carbocycles. The van der Waals surface area contributed by atoms with E-state index in [0.29, 0.717) is 18.3 Å². The van der Waals surface area contributed by atoms with Crippen molar-refractivity contribution in [2.75, 3.05) is 6.61 Å². The van der Waals surface area contributed by atoms with E-state index in [1.165, 1.54) is 0 Å². The first-order valence-electron chi connectivity index (χ1n) is 5.53. The number of amides is 2. The number of aryl methyl sites for hydroxylation is 1. The first-order valence-corrected chi connectivity index (χ1v) is 5.53. The molecule has 0 aliphatic carbocycles. The Kier molecular flexibility index (Phi) is 4.89. The highest BCUT2D eigenvalue weighted by molar-refractivity contribution is 5.73. The molecule has 1 aromatic rings. The number of hydrogen-bond acceptors (Lipinski definition) is 4. The number of urea groups is 1. The maximum absolute atomic E-state index is 11.4. The summed E-state index contributed by atoms with van der Waals surface area (Å²) >= 11 is 0. The van der Waals surface area contributed by atoms with Crippen LogP contribution >= 0.6 is 0 Å². The fraction of sp³-hybridized carbons (Fsp3) is 0.700. The Morgan fingerprint density at radius 1 is 1.53 bits per heavy atom. The number of rotatable bonds is 5. The predicted octanol–water partition coefficient (Wildman–Crippen LogP) is 0.763. The summed E-state index contributed by atoms with van der Waals surface area (Å²) in [4.78, 5) is 16.4. The van der Waals surface area contributed by atoms with Gasteiger partial charge in [-0.3, -0.25) is 4.84 Å². The minimum atomic E-state index is -0.388. The minimum absolute atomic E-state index is 0.231. The molecule has 7 nitrogen and oxygen atoms in total. The average Bonchev–Trinajstić information content (AvgIpc) is 2.63. The summed E-state index contributed by atoms with van der Waals surface area (Å²) in [5, 5.41) is 10.4. The second-order valence-corrected chi connectivity index (χ2v) is 4.30. The number of carbonyl (C=O) groups is 1. The molecule has 0 spiro atoms. The summed E-state index contributed by atoms with van der Waals surface area (Å²) < 4.78 is 1.75. The topological polar surface area (TPSA) is 81.1 Å². The molecular weight excluding hydrogens is 222 g/mol. The monoisotopic (exact) mass is 241 g/mol. The van der Waals surface area contributed by atoms with Crippen molar-refractivity contribution in [3.8, 4) is 0 Å². The van der Waals surface area contributed by atoms with Crippen molar-refractivity contribution in [1.29, 1.82) is 0 Å². The van der Waals surface area contributed by atoms with E-state index < -0.39 is 0 Å². The van der Waals surface area contributed by atoms with Crippen LogP contribution in [0.25, 0.3) is 0 Å². The van der Waals surface area contributed by atoms with Gasteiger partial charge in [-0.25, -0.2) is 10.3 Å². The van der Waals surface area contributed by atoms with E-state index >= 15 is 0 Å². The van der Waals surface area contributed by atoms with Crippen molar-refractivity contribution in [3.05, 3.63) is 12.2 Å². The highest BCUT2D eigenvalue weighted by Crippen LogP contribution is 2.06. The standard InChI is InChI=1S/C10H19N5O2/c1-7(2)5-17-14-10(16)12-8(3)9-13-11-6-15(9)4/h6-8H,5H2,1-4H3,(H2,12,14,16). The Hall–Kier alpha value is -1.63. The Morgan fingerprint density at radius 3 is 2.76 bits per heavy atom. The molecule has 96 valence electrons. The summed E-state index contributed by atoms with van der Waals surface area (Å²) in [5.41, 5.74) is 2.32. The highest BCUT2D eigenvalue weighted by Gasteiger charge is 2.13. The van der Waals surface area contributed by atoms with E-state index in [2.05, 4.69) is 21.0 Å². The molecular formula is C10H19N5O2. The van der Waals surface area contributed by atoms with Gasteiger partial charge in [-0.15, -0.1) is 10.2 Å². The summed E-state index contributed by atoms with van der Waals surface area (Å²) in [5.74, 6) is 1.05. The molecule has 0 aliphatic heterocycles. The van der Waals surface area contributed by atoms with Gasteiger partial charge < -0.3 is 9.88 Å². The second kappa shape index (κ2) is 6.19. The van der Waals surface area contributed by atoms with Crippen molar-refractivity contribution in [3.63, 3.8) is 0 Å². The zero-order chi connectivity index (χ0) is 12.8. The van der Waals surface area contributed by atoms with Crippen LogP contribution in [0.15, 0.2) is 6.33 Å². The molecule has 0 saturated heterocycles. The third kappa shape index (κ3) is 4.39. The maximum Gasteiger partial charge on any atom is 0.339 e. The van der Waals surface area contributed by atoms with Crippen LogP contribution in [-0.4, -0.2) is 27.4 Å². The molecule has 7 heteroatoms. The summed E-state index contributed by atoms with van der Waals surface area (Å²) in [7, 11) is 1.82. The molecule has 1 aromatic heterocycles. The zero-order valence-corrected chi connectivity index (χ0v) is 10.6. The predicted molar refractivity (Wildman–Crippen MR) is 61.9 cm³/mol. The first-order chi connectivity index (χ1) is 8.00. The Balaban J connectivity index is 2.34. The van der Waals surface area contributed by atoms with Crippen molar-refractivity contribution >= 4 is 6.03 Å². The van der Waals surface area contributed by atoms with Crippen molar-refractivity contribution < 1.29 is 9.63 Å².